The minimum Gasteiger partial charge on any atom is -0.384 e. The lowest BCUT2D eigenvalue weighted by Crippen LogP contribution is -2.28. The van der Waals surface area contributed by atoms with Crippen LogP contribution in [0.1, 0.15) is 6.42 Å². The van der Waals surface area contributed by atoms with Crippen LogP contribution in [0.2, 0.25) is 0 Å². The fourth-order valence-electron chi connectivity index (χ4n) is 1.98. The molecular weight excluding hydrogens is 272 g/mol. The van der Waals surface area contributed by atoms with Crippen LogP contribution in [0.5, 0.6) is 0 Å². The van der Waals surface area contributed by atoms with Crippen LogP contribution in [-0.4, -0.2) is 42.9 Å². The molecule has 0 atom stereocenters. The summed E-state index contributed by atoms with van der Waals surface area (Å²) in [5, 5.41) is 11.0. The molecule has 1 saturated heterocycles. The quantitative estimate of drug-likeness (QED) is 0.609. The molecule has 0 aliphatic carbocycles. The first-order valence-corrected chi connectivity index (χ1v) is 7.57. The van der Waals surface area contributed by atoms with E-state index in [4.69, 9.17) is 5.73 Å². The first-order valence-electron chi connectivity index (χ1n) is 5.75. The third-order valence-corrected chi connectivity index (χ3v) is 4.64. The molecule has 1 aromatic heterocycles. The Morgan fingerprint density at radius 2 is 2.05 bits per heavy atom. The number of nitrogens with two attached hydrogens (primary N) is 1. The molecule has 0 spiro atoms. The molecule has 9 heteroatoms. The van der Waals surface area contributed by atoms with Crippen molar-refractivity contribution in [3.8, 4) is 0 Å². The highest BCUT2D eigenvalue weighted by atomic mass is 32.2. The summed E-state index contributed by atoms with van der Waals surface area (Å²) in [5.41, 5.74) is 5.39. The van der Waals surface area contributed by atoms with Crippen LogP contribution in [0, 0.1) is 10.1 Å². The highest BCUT2D eigenvalue weighted by Gasteiger charge is 2.25. The molecule has 8 nitrogen and oxygen atoms in total. The van der Waals surface area contributed by atoms with Gasteiger partial charge < -0.3 is 10.6 Å². The van der Waals surface area contributed by atoms with Crippen molar-refractivity contribution in [3.63, 3.8) is 0 Å². The van der Waals surface area contributed by atoms with Gasteiger partial charge >= 0.3 is 5.69 Å². The Morgan fingerprint density at radius 1 is 1.32 bits per heavy atom. The molecule has 19 heavy (non-hydrogen) atoms. The Hall–Kier alpha value is -1.90. The van der Waals surface area contributed by atoms with E-state index >= 15 is 0 Å². The highest BCUT2D eigenvalue weighted by Crippen LogP contribution is 2.27. The van der Waals surface area contributed by atoms with E-state index in [1.807, 2.05) is 0 Å². The van der Waals surface area contributed by atoms with Crippen molar-refractivity contribution in [1.82, 2.24) is 4.98 Å². The van der Waals surface area contributed by atoms with Gasteiger partial charge in [0.15, 0.2) is 9.84 Å². The molecule has 0 saturated carbocycles. The van der Waals surface area contributed by atoms with Crippen LogP contribution < -0.4 is 10.6 Å². The molecule has 0 unspecified atom stereocenters. The first-order chi connectivity index (χ1) is 8.89. The molecule has 2 heterocycles. The van der Waals surface area contributed by atoms with Gasteiger partial charge in [-0.3, -0.25) is 10.1 Å². The molecule has 1 aliphatic heterocycles. The molecule has 1 aromatic rings. The van der Waals surface area contributed by atoms with Crippen LogP contribution in [0.4, 0.5) is 17.3 Å². The maximum absolute atomic E-state index is 11.5. The molecule has 2 rings (SSSR count). The monoisotopic (exact) mass is 286 g/mol. The van der Waals surface area contributed by atoms with Crippen LogP contribution in [-0.2, 0) is 9.84 Å². The van der Waals surface area contributed by atoms with Crippen molar-refractivity contribution < 1.29 is 13.3 Å². The summed E-state index contributed by atoms with van der Waals surface area (Å²) in [7, 11) is -3.07. The molecule has 0 radical (unpaired) electrons. The number of hydrogen-bond donors (Lipinski definition) is 1. The predicted octanol–water partition coefficient (Wildman–Crippen LogP) is 0.197. The maximum atomic E-state index is 11.5. The molecule has 1 aliphatic rings. The van der Waals surface area contributed by atoms with Gasteiger partial charge in [0.2, 0.25) is 5.82 Å². The molecule has 2 N–H and O–H groups in total. The fraction of sp³-hybridized carbons (Fsp3) is 0.500. The van der Waals surface area contributed by atoms with Crippen molar-refractivity contribution in [1.29, 1.82) is 0 Å². The van der Waals surface area contributed by atoms with Gasteiger partial charge in [0.05, 0.1) is 16.4 Å². The highest BCUT2D eigenvalue weighted by molar-refractivity contribution is 7.91. The van der Waals surface area contributed by atoms with E-state index in [1.54, 1.807) is 4.90 Å². The second-order valence-electron chi connectivity index (χ2n) is 4.33. The smallest absolute Gasteiger partial charge is 0.311 e. The zero-order valence-electron chi connectivity index (χ0n) is 10.2. The zero-order chi connectivity index (χ0) is 14.0. The van der Waals surface area contributed by atoms with Crippen molar-refractivity contribution >= 4 is 27.2 Å². The summed E-state index contributed by atoms with van der Waals surface area (Å²) < 4.78 is 23.1. The van der Waals surface area contributed by atoms with Gasteiger partial charge in [-0.25, -0.2) is 13.4 Å². The number of nitro groups is 1. The van der Waals surface area contributed by atoms with Crippen LogP contribution >= 0.6 is 0 Å². The molecule has 1 fully saturated rings. The topological polar surface area (TPSA) is 119 Å². The summed E-state index contributed by atoms with van der Waals surface area (Å²) in [5.74, 6) is 0.384. The van der Waals surface area contributed by atoms with E-state index in [1.165, 1.54) is 12.1 Å². The summed E-state index contributed by atoms with van der Waals surface area (Å²) in [6.45, 7) is 0.607. The molecule has 0 bridgehead atoms. The third kappa shape index (κ3) is 3.11. The van der Waals surface area contributed by atoms with Gasteiger partial charge in [-0.05, 0) is 12.5 Å². The number of anilines is 2. The summed E-state index contributed by atoms with van der Waals surface area (Å²) >= 11 is 0. The summed E-state index contributed by atoms with van der Waals surface area (Å²) in [4.78, 5) is 16.0. The van der Waals surface area contributed by atoms with Crippen LogP contribution in [0.25, 0.3) is 0 Å². The van der Waals surface area contributed by atoms with Crippen molar-refractivity contribution in [2.45, 2.75) is 6.42 Å². The lowest BCUT2D eigenvalue weighted by Gasteiger charge is -2.20. The third-order valence-electron chi connectivity index (χ3n) is 2.93. The van der Waals surface area contributed by atoms with Crippen molar-refractivity contribution in [3.05, 3.63) is 22.2 Å². The number of pyridine rings is 1. The number of hydrogen-bond acceptors (Lipinski definition) is 7. The van der Waals surface area contributed by atoms with Gasteiger partial charge in [0.1, 0.15) is 5.82 Å². The molecular formula is C10H14N4O4S. The van der Waals surface area contributed by atoms with Crippen LogP contribution in [0.3, 0.4) is 0 Å². The largest absolute Gasteiger partial charge is 0.384 e. The number of nitrogens with zero attached hydrogens (tertiary/aromatic N) is 3. The molecule has 0 amide bonds. The van der Waals surface area contributed by atoms with E-state index in [9.17, 15) is 18.5 Å². The van der Waals surface area contributed by atoms with Gasteiger partial charge in [-0.2, -0.15) is 0 Å². The number of rotatable bonds is 2. The van der Waals surface area contributed by atoms with E-state index in [-0.39, 0.29) is 35.4 Å². The van der Waals surface area contributed by atoms with E-state index in [0.717, 1.165) is 0 Å². The van der Waals surface area contributed by atoms with E-state index in [0.29, 0.717) is 13.0 Å². The molecule has 0 aromatic carbocycles. The van der Waals surface area contributed by atoms with Gasteiger partial charge in [-0.15, -0.1) is 0 Å². The Morgan fingerprint density at radius 3 is 2.74 bits per heavy atom. The number of sulfone groups is 1. The van der Waals surface area contributed by atoms with Crippen LogP contribution in [0.15, 0.2) is 12.1 Å². The van der Waals surface area contributed by atoms with E-state index in [2.05, 4.69) is 4.98 Å². The minimum absolute atomic E-state index is 0.0271. The lowest BCUT2D eigenvalue weighted by molar-refractivity contribution is -0.384. The van der Waals surface area contributed by atoms with E-state index < -0.39 is 14.8 Å². The normalized spacial score (nSPS) is 18.8. The summed E-state index contributed by atoms with van der Waals surface area (Å²) in [6.07, 6.45) is 0.427. The Kier molecular flexibility index (Phi) is 3.56. The lowest BCUT2D eigenvalue weighted by atomic mass is 10.3. The zero-order valence-corrected chi connectivity index (χ0v) is 11.0. The maximum Gasteiger partial charge on any atom is 0.311 e. The molecule has 104 valence electrons. The minimum atomic E-state index is -3.07. The second-order valence-corrected chi connectivity index (χ2v) is 6.63. The number of aromatic nitrogens is 1. The first kappa shape index (κ1) is 13.5. The van der Waals surface area contributed by atoms with Gasteiger partial charge in [-0.1, -0.05) is 0 Å². The van der Waals surface area contributed by atoms with Crippen molar-refractivity contribution in [2.24, 2.45) is 0 Å². The van der Waals surface area contributed by atoms with Gasteiger partial charge in [0.25, 0.3) is 0 Å². The van der Waals surface area contributed by atoms with Gasteiger partial charge in [0, 0.05) is 19.2 Å². The average Bonchev–Trinajstić information content (AvgIpc) is 2.49. The van der Waals surface area contributed by atoms with Crippen molar-refractivity contribution in [2.75, 3.05) is 35.2 Å². The summed E-state index contributed by atoms with van der Waals surface area (Å²) in [6, 6.07) is 2.65. The Labute approximate surface area is 110 Å². The fourth-order valence-corrected chi connectivity index (χ4v) is 3.25. The SMILES string of the molecule is Nc1ccc([N+](=O)[O-])c(N2CCCS(=O)(=O)CC2)n1. The second kappa shape index (κ2) is 5.00. The average molecular weight is 286 g/mol. The standard InChI is InChI=1S/C10H14N4O4S/c11-9-3-2-8(14(15)16)10(12-9)13-4-1-6-19(17,18)7-5-13/h2-3H,1,4-7H2,(H2,11,12). The predicted molar refractivity (Wildman–Crippen MR) is 70.8 cm³/mol. The Bertz CT molecular complexity index is 602. The number of nitrogen functional groups attached to an aromatic ring is 1. The Balaban J connectivity index is 2.35.